The van der Waals surface area contributed by atoms with Crippen LogP contribution in [0.5, 0.6) is 0 Å². The molecule has 0 aromatic carbocycles. The number of likely N-dealkylation sites (tertiary alicyclic amines) is 1. The highest BCUT2D eigenvalue weighted by atomic mass is 15.1. The van der Waals surface area contributed by atoms with Gasteiger partial charge in [-0.1, -0.05) is 0 Å². The fourth-order valence-electron chi connectivity index (χ4n) is 2.12. The fourth-order valence-corrected chi connectivity index (χ4v) is 2.12. The van der Waals surface area contributed by atoms with Crippen LogP contribution < -0.4 is 15.6 Å². The van der Waals surface area contributed by atoms with Crippen LogP contribution in [-0.4, -0.2) is 13.6 Å². The third-order valence-electron chi connectivity index (χ3n) is 2.92. The third kappa shape index (κ3) is 1.65. The molecule has 0 amide bonds. The standard InChI is InChI=1S/C10H15N3/c1-13-6-2-3-9(13)8-4-5-10(11)12-7-8/h4-5,7,9H,2-3,6H2,1H3,(H2,11,12)/p+2/t9-/m1/s1. The van der Waals surface area contributed by atoms with Crippen LogP contribution in [0, 0.1) is 0 Å². The van der Waals surface area contributed by atoms with E-state index in [1.54, 1.807) is 4.90 Å². The van der Waals surface area contributed by atoms with E-state index in [9.17, 15) is 0 Å². The summed E-state index contributed by atoms with van der Waals surface area (Å²) < 4.78 is 0. The Kier molecular flexibility index (Phi) is 2.19. The van der Waals surface area contributed by atoms with Crippen molar-refractivity contribution in [2.75, 3.05) is 19.3 Å². The molecule has 1 aromatic heterocycles. The van der Waals surface area contributed by atoms with Crippen molar-refractivity contribution in [3.63, 3.8) is 0 Å². The molecular formula is C10H17N3+2. The van der Waals surface area contributed by atoms with Crippen molar-refractivity contribution in [2.45, 2.75) is 18.9 Å². The van der Waals surface area contributed by atoms with E-state index in [-0.39, 0.29) is 0 Å². The molecule has 4 N–H and O–H groups in total. The molecule has 3 nitrogen and oxygen atoms in total. The molecule has 0 saturated carbocycles. The quantitative estimate of drug-likeness (QED) is 0.596. The molecule has 1 aromatic rings. The van der Waals surface area contributed by atoms with Gasteiger partial charge in [-0.25, -0.2) is 4.98 Å². The Morgan fingerprint density at radius 1 is 1.54 bits per heavy atom. The number of nitrogens with two attached hydrogens (primary N) is 1. The van der Waals surface area contributed by atoms with Crippen molar-refractivity contribution in [2.24, 2.45) is 0 Å². The largest absolute Gasteiger partial charge is 0.331 e. The third-order valence-corrected chi connectivity index (χ3v) is 2.92. The SMILES string of the molecule is C[NH+]1CCC[C@@H]1c1ccc(N)[nH+]c1. The molecule has 0 radical (unpaired) electrons. The Morgan fingerprint density at radius 2 is 2.38 bits per heavy atom. The maximum absolute atomic E-state index is 5.60. The van der Waals surface area contributed by atoms with Crippen LogP contribution in [0.15, 0.2) is 18.3 Å². The Balaban J connectivity index is 2.20. The summed E-state index contributed by atoms with van der Waals surface area (Å²) in [6.45, 7) is 1.29. The first-order valence-corrected chi connectivity index (χ1v) is 4.87. The topological polar surface area (TPSA) is 44.6 Å². The zero-order chi connectivity index (χ0) is 9.26. The molecule has 70 valence electrons. The van der Waals surface area contributed by atoms with Crippen LogP contribution in [0.2, 0.25) is 0 Å². The van der Waals surface area contributed by atoms with Gasteiger partial charge < -0.3 is 4.90 Å². The summed E-state index contributed by atoms with van der Waals surface area (Å²) in [6, 6.07) is 4.74. The fraction of sp³-hybridized carbons (Fsp3) is 0.500. The van der Waals surface area contributed by atoms with Gasteiger partial charge in [0.25, 0.3) is 5.82 Å². The molecule has 0 aliphatic carbocycles. The molecule has 0 spiro atoms. The molecule has 13 heavy (non-hydrogen) atoms. The zero-order valence-electron chi connectivity index (χ0n) is 8.01. The van der Waals surface area contributed by atoms with Gasteiger partial charge in [0.2, 0.25) is 0 Å². The van der Waals surface area contributed by atoms with Crippen LogP contribution >= 0.6 is 0 Å². The van der Waals surface area contributed by atoms with E-state index in [4.69, 9.17) is 5.73 Å². The lowest BCUT2D eigenvalue weighted by Crippen LogP contribution is -3.07. The molecule has 2 heterocycles. The second-order valence-electron chi connectivity index (χ2n) is 3.87. The highest BCUT2D eigenvalue weighted by Crippen LogP contribution is 2.16. The van der Waals surface area contributed by atoms with Crippen molar-refractivity contribution in [3.05, 3.63) is 23.9 Å². The van der Waals surface area contributed by atoms with Crippen molar-refractivity contribution in [1.29, 1.82) is 0 Å². The minimum atomic E-state index is 0.664. The number of rotatable bonds is 1. The summed E-state index contributed by atoms with van der Waals surface area (Å²) in [7, 11) is 2.26. The smallest absolute Gasteiger partial charge is 0.270 e. The maximum Gasteiger partial charge on any atom is 0.270 e. The number of aromatic nitrogens is 1. The van der Waals surface area contributed by atoms with E-state index in [0.717, 1.165) is 5.82 Å². The van der Waals surface area contributed by atoms with Gasteiger partial charge in [-0.3, -0.25) is 5.73 Å². The van der Waals surface area contributed by atoms with Crippen molar-refractivity contribution < 1.29 is 9.88 Å². The summed E-state index contributed by atoms with van der Waals surface area (Å²) in [5, 5.41) is 0. The molecule has 1 aliphatic heterocycles. The van der Waals surface area contributed by atoms with Crippen LogP contribution in [-0.2, 0) is 0 Å². The first-order chi connectivity index (χ1) is 6.27. The van der Waals surface area contributed by atoms with Gasteiger partial charge >= 0.3 is 0 Å². The number of hydrogen-bond donors (Lipinski definition) is 2. The second kappa shape index (κ2) is 3.34. The summed E-state index contributed by atoms with van der Waals surface area (Å²) in [4.78, 5) is 4.67. The van der Waals surface area contributed by atoms with Crippen molar-refractivity contribution in [3.8, 4) is 0 Å². The summed E-state index contributed by atoms with van der Waals surface area (Å²) in [6.07, 6.45) is 4.67. The number of nitrogen functional groups attached to an aromatic ring is 1. The Labute approximate surface area is 78.6 Å². The molecule has 3 heteroatoms. The van der Waals surface area contributed by atoms with Gasteiger partial charge in [-0.15, -0.1) is 0 Å². The van der Waals surface area contributed by atoms with Crippen LogP contribution in [0.1, 0.15) is 24.4 Å². The average Bonchev–Trinajstić information content (AvgIpc) is 2.53. The highest BCUT2D eigenvalue weighted by molar-refractivity contribution is 5.23. The van der Waals surface area contributed by atoms with Gasteiger partial charge in [-0.05, 0) is 6.07 Å². The maximum atomic E-state index is 5.60. The van der Waals surface area contributed by atoms with Crippen LogP contribution in [0.25, 0.3) is 0 Å². The van der Waals surface area contributed by atoms with Crippen molar-refractivity contribution >= 4 is 5.82 Å². The molecular weight excluding hydrogens is 162 g/mol. The van der Waals surface area contributed by atoms with Crippen molar-refractivity contribution in [1.82, 2.24) is 0 Å². The molecule has 1 saturated heterocycles. The molecule has 2 rings (SSSR count). The number of pyridine rings is 1. The Hall–Kier alpha value is -1.09. The summed E-state index contributed by atoms with van der Waals surface area (Å²) in [5.74, 6) is 0.736. The van der Waals surface area contributed by atoms with Gasteiger partial charge in [-0.2, -0.15) is 0 Å². The number of H-pyrrole nitrogens is 1. The lowest BCUT2D eigenvalue weighted by atomic mass is 10.1. The van der Waals surface area contributed by atoms with Gasteiger partial charge in [0.15, 0.2) is 0 Å². The molecule has 1 aliphatic rings. The summed E-state index contributed by atoms with van der Waals surface area (Å²) >= 11 is 0. The lowest BCUT2D eigenvalue weighted by molar-refractivity contribution is -0.898. The molecule has 0 bridgehead atoms. The number of quaternary nitrogens is 1. The Bertz CT molecular complexity index is 281. The first kappa shape index (κ1) is 8.51. The van der Waals surface area contributed by atoms with Gasteiger partial charge in [0.05, 0.1) is 19.8 Å². The molecule has 2 atom stereocenters. The number of hydrogen-bond acceptors (Lipinski definition) is 1. The van der Waals surface area contributed by atoms with E-state index < -0.39 is 0 Å². The van der Waals surface area contributed by atoms with Crippen LogP contribution in [0.3, 0.4) is 0 Å². The lowest BCUT2D eigenvalue weighted by Gasteiger charge is -2.15. The number of aromatic amines is 1. The Morgan fingerprint density at radius 3 is 2.92 bits per heavy atom. The highest BCUT2D eigenvalue weighted by Gasteiger charge is 2.27. The van der Waals surface area contributed by atoms with Gasteiger partial charge in [0, 0.05) is 24.5 Å². The minimum Gasteiger partial charge on any atom is -0.331 e. The number of nitrogens with one attached hydrogen (secondary N) is 2. The molecule has 1 fully saturated rings. The van der Waals surface area contributed by atoms with Gasteiger partial charge in [0.1, 0.15) is 6.04 Å². The van der Waals surface area contributed by atoms with E-state index >= 15 is 0 Å². The van der Waals surface area contributed by atoms with Crippen LogP contribution in [0.4, 0.5) is 5.82 Å². The van der Waals surface area contributed by atoms with E-state index in [1.807, 2.05) is 12.3 Å². The predicted molar refractivity (Wildman–Crippen MR) is 51.1 cm³/mol. The van der Waals surface area contributed by atoms with E-state index in [2.05, 4.69) is 18.1 Å². The normalized spacial score (nSPS) is 27.8. The second-order valence-corrected chi connectivity index (χ2v) is 3.87. The zero-order valence-corrected chi connectivity index (χ0v) is 8.01. The minimum absolute atomic E-state index is 0.664. The van der Waals surface area contributed by atoms with E-state index in [0.29, 0.717) is 6.04 Å². The van der Waals surface area contributed by atoms with E-state index in [1.165, 1.54) is 24.9 Å². The first-order valence-electron chi connectivity index (χ1n) is 4.87. The predicted octanol–water partition coefficient (Wildman–Crippen LogP) is -0.567. The monoisotopic (exact) mass is 179 g/mol. The summed E-state index contributed by atoms with van der Waals surface area (Å²) in [5.41, 5.74) is 6.98. The number of anilines is 1. The average molecular weight is 179 g/mol. The molecule has 1 unspecified atom stereocenters.